The largest absolute Gasteiger partial charge is 0.368 e. The van der Waals surface area contributed by atoms with E-state index < -0.39 is 0 Å². The normalized spacial score (nSPS) is 11.3. The van der Waals surface area contributed by atoms with Crippen LogP contribution in [-0.2, 0) is 0 Å². The fraction of sp³-hybridized carbons (Fsp3) is 0.438. The first kappa shape index (κ1) is 13.7. The van der Waals surface area contributed by atoms with Gasteiger partial charge in [-0.25, -0.2) is 0 Å². The van der Waals surface area contributed by atoms with E-state index in [1.165, 1.54) is 11.1 Å². The molecule has 19 heavy (non-hydrogen) atoms. The van der Waals surface area contributed by atoms with Gasteiger partial charge in [0.2, 0.25) is 0 Å². The number of aromatic nitrogens is 2. The number of anilines is 1. The summed E-state index contributed by atoms with van der Waals surface area (Å²) in [6, 6.07) is 10.7. The van der Waals surface area contributed by atoms with Gasteiger partial charge in [0.25, 0.3) is 0 Å². The second-order valence-electron chi connectivity index (χ2n) is 5.72. The predicted octanol–water partition coefficient (Wildman–Crippen LogP) is 4.27. The third-order valence-corrected chi connectivity index (χ3v) is 3.16. The molecule has 0 saturated carbocycles. The molecule has 0 radical (unpaired) electrons. The highest BCUT2D eigenvalue weighted by atomic mass is 15.2. The van der Waals surface area contributed by atoms with Crippen LogP contribution in [0.5, 0.6) is 0 Å². The summed E-state index contributed by atoms with van der Waals surface area (Å²) >= 11 is 0. The molecule has 1 aromatic heterocycles. The Morgan fingerprint density at radius 3 is 2.37 bits per heavy atom. The number of hydrogen-bond acceptors (Lipinski definition) is 2. The molecule has 1 aromatic carbocycles. The van der Waals surface area contributed by atoms with E-state index in [-0.39, 0.29) is 0 Å². The lowest BCUT2D eigenvalue weighted by atomic mass is 10.0. The summed E-state index contributed by atoms with van der Waals surface area (Å²) in [4.78, 5) is 0. The van der Waals surface area contributed by atoms with E-state index in [0.717, 1.165) is 18.1 Å². The van der Waals surface area contributed by atoms with Gasteiger partial charge >= 0.3 is 0 Å². The molecule has 0 aliphatic carbocycles. The zero-order valence-corrected chi connectivity index (χ0v) is 12.2. The number of aromatic amines is 1. The highest BCUT2D eigenvalue weighted by molar-refractivity contribution is 5.63. The molecular formula is C16H23N3. The number of H-pyrrole nitrogens is 1. The Hall–Kier alpha value is -1.77. The van der Waals surface area contributed by atoms with E-state index in [0.29, 0.717) is 11.8 Å². The molecule has 0 spiro atoms. The van der Waals surface area contributed by atoms with Crippen molar-refractivity contribution in [1.29, 1.82) is 0 Å². The van der Waals surface area contributed by atoms with Crippen LogP contribution in [0.3, 0.4) is 0 Å². The summed E-state index contributed by atoms with van der Waals surface area (Å²) in [6.45, 7) is 9.73. The van der Waals surface area contributed by atoms with Crippen LogP contribution in [0, 0.1) is 5.92 Å². The van der Waals surface area contributed by atoms with Gasteiger partial charge in [0, 0.05) is 12.6 Å². The summed E-state index contributed by atoms with van der Waals surface area (Å²) in [5.41, 5.74) is 3.59. The van der Waals surface area contributed by atoms with Crippen LogP contribution in [0.15, 0.2) is 30.3 Å². The van der Waals surface area contributed by atoms with E-state index in [9.17, 15) is 0 Å². The zero-order chi connectivity index (χ0) is 13.8. The van der Waals surface area contributed by atoms with E-state index in [4.69, 9.17) is 0 Å². The van der Waals surface area contributed by atoms with Gasteiger partial charge in [0.1, 0.15) is 5.82 Å². The molecule has 0 amide bonds. The Labute approximate surface area is 115 Å². The summed E-state index contributed by atoms with van der Waals surface area (Å²) in [6.07, 6.45) is 0. The quantitative estimate of drug-likeness (QED) is 0.840. The summed E-state index contributed by atoms with van der Waals surface area (Å²) in [5, 5.41) is 10.7. The van der Waals surface area contributed by atoms with E-state index in [1.54, 1.807) is 0 Å². The van der Waals surface area contributed by atoms with E-state index in [2.05, 4.69) is 73.5 Å². The predicted molar refractivity (Wildman–Crippen MR) is 81.4 cm³/mol. The van der Waals surface area contributed by atoms with Crippen molar-refractivity contribution >= 4 is 5.82 Å². The van der Waals surface area contributed by atoms with Crippen molar-refractivity contribution in [2.75, 3.05) is 11.9 Å². The second-order valence-corrected chi connectivity index (χ2v) is 5.72. The van der Waals surface area contributed by atoms with Crippen LogP contribution in [-0.4, -0.2) is 16.7 Å². The second kappa shape index (κ2) is 5.91. The van der Waals surface area contributed by atoms with Gasteiger partial charge in [0.15, 0.2) is 0 Å². The van der Waals surface area contributed by atoms with Gasteiger partial charge in [-0.2, -0.15) is 5.10 Å². The third kappa shape index (κ3) is 3.60. The van der Waals surface area contributed by atoms with Gasteiger partial charge in [-0.15, -0.1) is 0 Å². The van der Waals surface area contributed by atoms with E-state index in [1.807, 2.05) is 0 Å². The van der Waals surface area contributed by atoms with Crippen LogP contribution >= 0.6 is 0 Å². The molecule has 0 aliphatic rings. The zero-order valence-electron chi connectivity index (χ0n) is 12.2. The van der Waals surface area contributed by atoms with Crippen molar-refractivity contribution < 1.29 is 0 Å². The number of rotatable bonds is 5. The topological polar surface area (TPSA) is 40.7 Å². The minimum absolute atomic E-state index is 0.569. The number of hydrogen-bond donors (Lipinski definition) is 2. The number of nitrogens with zero attached hydrogens (tertiary/aromatic N) is 1. The summed E-state index contributed by atoms with van der Waals surface area (Å²) in [5.74, 6) is 2.10. The first-order valence-corrected chi connectivity index (χ1v) is 6.96. The molecule has 102 valence electrons. The summed E-state index contributed by atoms with van der Waals surface area (Å²) in [7, 11) is 0. The molecule has 0 fully saturated rings. The monoisotopic (exact) mass is 257 g/mol. The van der Waals surface area contributed by atoms with Gasteiger partial charge in [-0.3, -0.25) is 5.10 Å². The molecule has 2 aromatic rings. The lowest BCUT2D eigenvalue weighted by Gasteiger charge is -2.05. The molecule has 0 unspecified atom stereocenters. The number of benzene rings is 1. The van der Waals surface area contributed by atoms with Crippen LogP contribution in [0.25, 0.3) is 11.3 Å². The maximum absolute atomic E-state index is 4.29. The minimum atomic E-state index is 0.569. The molecule has 2 N–H and O–H groups in total. The highest BCUT2D eigenvalue weighted by Gasteiger charge is 2.05. The summed E-state index contributed by atoms with van der Waals surface area (Å²) < 4.78 is 0. The lowest BCUT2D eigenvalue weighted by molar-refractivity contribution is 0.687. The smallest absolute Gasteiger partial charge is 0.148 e. The van der Waals surface area contributed by atoms with Crippen molar-refractivity contribution in [3.8, 4) is 11.3 Å². The maximum Gasteiger partial charge on any atom is 0.148 e. The van der Waals surface area contributed by atoms with Crippen LogP contribution in [0.1, 0.15) is 39.2 Å². The van der Waals surface area contributed by atoms with Gasteiger partial charge in [-0.05, 0) is 23.0 Å². The number of nitrogens with one attached hydrogen (secondary N) is 2. The average Bonchev–Trinajstić information content (AvgIpc) is 2.85. The molecule has 0 aliphatic heterocycles. The minimum Gasteiger partial charge on any atom is -0.368 e. The molecule has 0 bridgehead atoms. The third-order valence-electron chi connectivity index (χ3n) is 3.16. The Morgan fingerprint density at radius 1 is 1.11 bits per heavy atom. The van der Waals surface area contributed by atoms with Crippen molar-refractivity contribution in [2.45, 2.75) is 33.6 Å². The molecule has 3 heteroatoms. The standard InChI is InChI=1S/C16H23N3/c1-11(2)10-17-16-9-15(18-19-16)14-7-5-13(6-8-14)12(3)4/h5-9,11-12H,10H2,1-4H3,(H2,17,18,19). The fourth-order valence-corrected chi connectivity index (χ4v) is 1.92. The average molecular weight is 257 g/mol. The SMILES string of the molecule is CC(C)CNc1cc(-c2ccc(C(C)C)cc2)[nH]n1. The molecule has 3 nitrogen and oxygen atoms in total. The van der Waals surface area contributed by atoms with Crippen molar-refractivity contribution in [2.24, 2.45) is 5.92 Å². The van der Waals surface area contributed by atoms with Crippen LogP contribution in [0.4, 0.5) is 5.82 Å². The maximum atomic E-state index is 4.29. The lowest BCUT2D eigenvalue weighted by Crippen LogP contribution is -2.07. The molecule has 0 atom stereocenters. The fourth-order valence-electron chi connectivity index (χ4n) is 1.92. The van der Waals surface area contributed by atoms with Gasteiger partial charge in [0.05, 0.1) is 5.69 Å². The van der Waals surface area contributed by atoms with E-state index >= 15 is 0 Å². The van der Waals surface area contributed by atoms with Crippen LogP contribution in [0.2, 0.25) is 0 Å². The molecular weight excluding hydrogens is 234 g/mol. The van der Waals surface area contributed by atoms with Gasteiger partial charge < -0.3 is 5.32 Å². The van der Waals surface area contributed by atoms with Crippen molar-refractivity contribution in [3.63, 3.8) is 0 Å². The highest BCUT2D eigenvalue weighted by Crippen LogP contribution is 2.22. The van der Waals surface area contributed by atoms with Crippen LogP contribution < -0.4 is 5.32 Å². The Bertz CT molecular complexity index is 509. The molecule has 2 rings (SSSR count). The first-order chi connectivity index (χ1) is 9.06. The Morgan fingerprint density at radius 2 is 1.79 bits per heavy atom. The van der Waals surface area contributed by atoms with Crippen molar-refractivity contribution in [1.82, 2.24) is 10.2 Å². The Kier molecular flexibility index (Phi) is 4.25. The molecule has 0 saturated heterocycles. The first-order valence-electron chi connectivity index (χ1n) is 6.96. The van der Waals surface area contributed by atoms with Gasteiger partial charge in [-0.1, -0.05) is 52.0 Å². The Balaban J connectivity index is 2.09. The molecule has 1 heterocycles. The van der Waals surface area contributed by atoms with Crippen molar-refractivity contribution in [3.05, 3.63) is 35.9 Å².